The molecule has 2 aliphatic heterocycles. The first-order valence-corrected chi connectivity index (χ1v) is 14.7. The van der Waals surface area contributed by atoms with E-state index in [1.165, 1.54) is 32.1 Å². The number of nitrogens with zero attached hydrogens (tertiary/aromatic N) is 2. The monoisotopic (exact) mass is 481 g/mol. The van der Waals surface area contributed by atoms with Gasteiger partial charge in [0.05, 0.1) is 11.3 Å². The van der Waals surface area contributed by atoms with E-state index >= 15 is 0 Å². The molecule has 188 valence electrons. The second-order valence-electron chi connectivity index (χ2n) is 10.7. The third-order valence-corrected chi connectivity index (χ3v) is 10.7. The summed E-state index contributed by atoms with van der Waals surface area (Å²) in [6.07, 6.45) is 11.0. The summed E-state index contributed by atoms with van der Waals surface area (Å²) in [7, 11) is -1.48. The molecule has 2 aliphatic carbocycles. The summed E-state index contributed by atoms with van der Waals surface area (Å²) in [5.41, 5.74) is 0. The Balaban J connectivity index is 1.24. The van der Waals surface area contributed by atoms with E-state index in [9.17, 15) is 13.7 Å². The number of hydrogen-bond acceptors (Lipinski definition) is 7. The summed E-state index contributed by atoms with van der Waals surface area (Å²) in [6.45, 7) is 3.63. The van der Waals surface area contributed by atoms with Crippen LogP contribution < -0.4 is 16.0 Å². The van der Waals surface area contributed by atoms with E-state index in [0.717, 1.165) is 45.3 Å². The SMILES string of the molecule is CN(CC1CCCCC1)S(=O)(=O)C1CCC(C2NC(C#N)C(NCC3CCCNC3)O2)CC1. The van der Waals surface area contributed by atoms with E-state index in [1.54, 1.807) is 11.4 Å². The lowest BCUT2D eigenvalue weighted by molar-refractivity contribution is -0.0214. The zero-order chi connectivity index (χ0) is 23.3. The molecule has 4 atom stereocenters. The van der Waals surface area contributed by atoms with Crippen molar-refractivity contribution in [3.8, 4) is 6.07 Å². The number of nitrogens with one attached hydrogen (secondary N) is 3. The summed E-state index contributed by atoms with van der Waals surface area (Å²) in [5, 5.41) is 19.6. The molecule has 2 heterocycles. The van der Waals surface area contributed by atoms with Crippen molar-refractivity contribution in [1.82, 2.24) is 20.3 Å². The largest absolute Gasteiger partial charge is 0.342 e. The van der Waals surface area contributed by atoms with Crippen LogP contribution in [0, 0.1) is 29.1 Å². The molecular weight excluding hydrogens is 438 g/mol. The van der Waals surface area contributed by atoms with Crippen molar-refractivity contribution in [2.45, 2.75) is 94.4 Å². The molecule has 4 rings (SSSR count). The summed E-state index contributed by atoms with van der Waals surface area (Å²) in [5.74, 6) is 1.34. The standard InChI is InChI=1S/C24H43N5O3S/c1-29(17-18-6-3-2-4-7-18)33(30,31)21-11-9-20(10-12-21)23-28-22(14-25)24(32-23)27-16-19-8-5-13-26-15-19/h18-24,26-28H,2-13,15-17H2,1H3. The molecule has 4 unspecified atom stereocenters. The van der Waals surface area contributed by atoms with E-state index < -0.39 is 10.0 Å². The van der Waals surface area contributed by atoms with Gasteiger partial charge in [0.15, 0.2) is 0 Å². The number of sulfonamides is 1. The van der Waals surface area contributed by atoms with Crippen LogP contribution in [0.2, 0.25) is 0 Å². The van der Waals surface area contributed by atoms with E-state index in [4.69, 9.17) is 4.74 Å². The van der Waals surface area contributed by atoms with Gasteiger partial charge in [-0.1, -0.05) is 19.3 Å². The van der Waals surface area contributed by atoms with Crippen molar-refractivity contribution in [2.24, 2.45) is 17.8 Å². The fraction of sp³-hybridized carbons (Fsp3) is 0.958. The van der Waals surface area contributed by atoms with Crippen LogP contribution >= 0.6 is 0 Å². The predicted octanol–water partition coefficient (Wildman–Crippen LogP) is 2.14. The van der Waals surface area contributed by atoms with Gasteiger partial charge in [-0.15, -0.1) is 0 Å². The quantitative estimate of drug-likeness (QED) is 0.488. The zero-order valence-corrected chi connectivity index (χ0v) is 21.0. The van der Waals surface area contributed by atoms with Crippen LogP contribution in [0.4, 0.5) is 0 Å². The lowest BCUT2D eigenvalue weighted by Gasteiger charge is -2.34. The normalized spacial score (nSPS) is 36.6. The second-order valence-corrected chi connectivity index (χ2v) is 13.1. The van der Waals surface area contributed by atoms with E-state index in [1.807, 2.05) is 0 Å². The highest BCUT2D eigenvalue weighted by molar-refractivity contribution is 7.89. The average Bonchev–Trinajstić information content (AvgIpc) is 3.27. The Morgan fingerprint density at radius 2 is 1.76 bits per heavy atom. The minimum Gasteiger partial charge on any atom is -0.342 e. The lowest BCUT2D eigenvalue weighted by atomic mass is 9.87. The fourth-order valence-electron chi connectivity index (χ4n) is 6.22. The maximum absolute atomic E-state index is 13.2. The van der Waals surface area contributed by atoms with Crippen molar-refractivity contribution < 1.29 is 13.2 Å². The number of rotatable bonds is 8. The topological polar surface area (TPSA) is 106 Å². The first-order chi connectivity index (χ1) is 16.0. The molecule has 4 fully saturated rings. The van der Waals surface area contributed by atoms with Gasteiger partial charge < -0.3 is 10.1 Å². The number of nitriles is 1. The highest BCUT2D eigenvalue weighted by Gasteiger charge is 2.42. The van der Waals surface area contributed by atoms with Crippen molar-refractivity contribution >= 4 is 10.0 Å². The minimum atomic E-state index is -3.25. The van der Waals surface area contributed by atoms with Crippen molar-refractivity contribution in [1.29, 1.82) is 5.26 Å². The molecule has 0 amide bonds. The highest BCUT2D eigenvalue weighted by atomic mass is 32.2. The molecule has 0 aromatic heterocycles. The Bertz CT molecular complexity index is 753. The maximum atomic E-state index is 13.2. The molecule has 0 aromatic carbocycles. The van der Waals surface area contributed by atoms with E-state index in [-0.39, 0.29) is 29.7 Å². The fourth-order valence-corrected chi connectivity index (χ4v) is 8.02. The van der Waals surface area contributed by atoms with Crippen LogP contribution in [0.15, 0.2) is 0 Å². The van der Waals surface area contributed by atoms with Gasteiger partial charge in [0.1, 0.15) is 18.5 Å². The van der Waals surface area contributed by atoms with Crippen molar-refractivity contribution in [3.05, 3.63) is 0 Å². The minimum absolute atomic E-state index is 0.180. The molecule has 0 aromatic rings. The van der Waals surface area contributed by atoms with Crippen LogP contribution in [-0.4, -0.2) is 69.7 Å². The van der Waals surface area contributed by atoms with Gasteiger partial charge in [-0.25, -0.2) is 12.7 Å². The highest BCUT2D eigenvalue weighted by Crippen LogP contribution is 2.35. The first-order valence-electron chi connectivity index (χ1n) is 13.2. The maximum Gasteiger partial charge on any atom is 0.216 e. The molecule has 2 saturated heterocycles. The van der Waals surface area contributed by atoms with Gasteiger partial charge in [0.25, 0.3) is 0 Å². The molecule has 4 aliphatic rings. The zero-order valence-electron chi connectivity index (χ0n) is 20.2. The molecular formula is C24H43N5O3S. The molecule has 8 nitrogen and oxygen atoms in total. The Labute approximate surface area is 200 Å². The van der Waals surface area contributed by atoms with E-state index in [0.29, 0.717) is 31.2 Å². The molecule has 9 heteroatoms. The van der Waals surface area contributed by atoms with Crippen LogP contribution in [0.25, 0.3) is 0 Å². The Morgan fingerprint density at radius 3 is 2.42 bits per heavy atom. The van der Waals surface area contributed by atoms with Crippen LogP contribution in [0.5, 0.6) is 0 Å². The molecule has 0 radical (unpaired) electrons. The molecule has 2 saturated carbocycles. The van der Waals surface area contributed by atoms with Gasteiger partial charge in [-0.05, 0) is 82.2 Å². The molecule has 0 spiro atoms. The summed E-state index contributed by atoms with van der Waals surface area (Å²) < 4.78 is 34.3. The van der Waals surface area contributed by atoms with Gasteiger partial charge in [0, 0.05) is 20.1 Å². The van der Waals surface area contributed by atoms with Gasteiger partial charge in [-0.3, -0.25) is 10.6 Å². The third-order valence-electron chi connectivity index (χ3n) is 8.33. The predicted molar refractivity (Wildman–Crippen MR) is 129 cm³/mol. The Kier molecular flexibility index (Phi) is 9.05. The number of hydrogen-bond donors (Lipinski definition) is 3. The number of piperidine rings is 1. The average molecular weight is 482 g/mol. The van der Waals surface area contributed by atoms with Crippen LogP contribution in [-0.2, 0) is 14.8 Å². The Morgan fingerprint density at radius 1 is 1.03 bits per heavy atom. The second kappa shape index (κ2) is 11.8. The van der Waals surface area contributed by atoms with Gasteiger partial charge in [0.2, 0.25) is 10.0 Å². The summed E-state index contributed by atoms with van der Waals surface area (Å²) >= 11 is 0. The van der Waals surface area contributed by atoms with E-state index in [2.05, 4.69) is 22.0 Å². The van der Waals surface area contributed by atoms with Gasteiger partial charge >= 0.3 is 0 Å². The molecule has 0 bridgehead atoms. The van der Waals surface area contributed by atoms with Crippen molar-refractivity contribution in [2.75, 3.05) is 33.2 Å². The van der Waals surface area contributed by atoms with Crippen molar-refractivity contribution in [3.63, 3.8) is 0 Å². The van der Waals surface area contributed by atoms with Gasteiger partial charge in [-0.2, -0.15) is 5.26 Å². The summed E-state index contributed by atoms with van der Waals surface area (Å²) in [4.78, 5) is 0. The van der Waals surface area contributed by atoms with Crippen LogP contribution in [0.3, 0.4) is 0 Å². The number of ether oxygens (including phenoxy) is 1. The lowest BCUT2D eigenvalue weighted by Crippen LogP contribution is -2.45. The Hall–Kier alpha value is -0.760. The van der Waals surface area contributed by atoms with Crippen LogP contribution in [0.1, 0.15) is 70.6 Å². The molecule has 3 N–H and O–H groups in total. The smallest absolute Gasteiger partial charge is 0.216 e. The first kappa shape index (κ1) is 25.3. The summed E-state index contributed by atoms with van der Waals surface area (Å²) in [6, 6.07) is 1.97. The third kappa shape index (κ3) is 6.47. The molecule has 33 heavy (non-hydrogen) atoms.